The molecule has 2 N–H and O–H groups in total. The van der Waals surface area contributed by atoms with Gasteiger partial charge in [-0.05, 0) is 37.1 Å². The lowest BCUT2D eigenvalue weighted by atomic mass is 9.80. The summed E-state index contributed by atoms with van der Waals surface area (Å²) >= 11 is 0. The lowest BCUT2D eigenvalue weighted by molar-refractivity contribution is 0.391. The predicted octanol–water partition coefficient (Wildman–Crippen LogP) is 3.81. The van der Waals surface area contributed by atoms with Crippen LogP contribution in [0, 0.1) is 12.8 Å². The minimum absolute atomic E-state index is 0.422. The van der Waals surface area contributed by atoms with Gasteiger partial charge in [0.15, 0.2) is 0 Å². The van der Waals surface area contributed by atoms with Crippen molar-refractivity contribution in [1.29, 1.82) is 0 Å². The second kappa shape index (κ2) is 4.64. The smallest absolute Gasteiger partial charge is 0.0560 e. The number of rotatable bonds is 1. The zero-order chi connectivity index (χ0) is 13.5. The van der Waals surface area contributed by atoms with Gasteiger partial charge in [0.05, 0.1) is 6.04 Å². The summed E-state index contributed by atoms with van der Waals surface area (Å²) in [5.41, 5.74) is 5.45. The molecule has 2 aliphatic heterocycles. The predicted molar refractivity (Wildman–Crippen MR) is 82.8 cm³/mol. The molecule has 20 heavy (non-hydrogen) atoms. The third-order valence-corrected chi connectivity index (χ3v) is 4.74. The average Bonchev–Trinajstić information content (AvgIpc) is 2.97. The molecule has 2 aliphatic rings. The first-order chi connectivity index (χ1) is 9.83. The highest BCUT2D eigenvalue weighted by molar-refractivity contribution is 5.57. The van der Waals surface area contributed by atoms with Crippen LogP contribution in [0.3, 0.4) is 0 Å². The normalized spacial score (nSPS) is 27.6. The van der Waals surface area contributed by atoms with Crippen molar-refractivity contribution in [2.45, 2.75) is 25.4 Å². The van der Waals surface area contributed by atoms with Crippen molar-refractivity contribution in [3.05, 3.63) is 65.2 Å². The Morgan fingerprint density at radius 3 is 2.60 bits per heavy atom. The number of benzene rings is 2. The summed E-state index contributed by atoms with van der Waals surface area (Å²) in [5, 5.41) is 7.45. The fraction of sp³-hybridized carbons (Fsp3) is 0.333. The molecule has 0 saturated carbocycles. The highest BCUT2D eigenvalue weighted by atomic mass is 15.0. The molecule has 0 aromatic heterocycles. The van der Waals surface area contributed by atoms with Gasteiger partial charge in [0.2, 0.25) is 0 Å². The van der Waals surface area contributed by atoms with Crippen molar-refractivity contribution < 1.29 is 0 Å². The molecule has 2 aromatic carbocycles. The zero-order valence-corrected chi connectivity index (χ0v) is 11.8. The van der Waals surface area contributed by atoms with E-state index in [2.05, 4.69) is 66.1 Å². The first kappa shape index (κ1) is 12.0. The van der Waals surface area contributed by atoms with E-state index in [1.165, 1.54) is 28.8 Å². The van der Waals surface area contributed by atoms with Crippen LogP contribution in [0.1, 0.15) is 35.2 Å². The molecule has 0 amide bonds. The Labute approximate surface area is 120 Å². The molecule has 3 atom stereocenters. The first-order valence-corrected chi connectivity index (χ1v) is 7.48. The summed E-state index contributed by atoms with van der Waals surface area (Å²) in [6.07, 6.45) is 1.24. The maximum atomic E-state index is 3.76. The van der Waals surface area contributed by atoms with E-state index in [-0.39, 0.29) is 0 Å². The molecule has 2 heteroatoms. The summed E-state index contributed by atoms with van der Waals surface area (Å²) in [7, 11) is 0. The van der Waals surface area contributed by atoms with Crippen LogP contribution in [-0.2, 0) is 0 Å². The summed E-state index contributed by atoms with van der Waals surface area (Å²) in [6, 6.07) is 18.6. The Balaban J connectivity index is 1.76. The van der Waals surface area contributed by atoms with Crippen LogP contribution in [0.4, 0.5) is 5.69 Å². The van der Waals surface area contributed by atoms with Crippen molar-refractivity contribution in [1.82, 2.24) is 5.32 Å². The van der Waals surface area contributed by atoms with Crippen LogP contribution in [0.2, 0.25) is 0 Å². The molecule has 2 nitrogen and oxygen atoms in total. The van der Waals surface area contributed by atoms with Gasteiger partial charge in [-0.15, -0.1) is 0 Å². The molecule has 1 saturated heterocycles. The molecule has 4 rings (SSSR count). The largest absolute Gasteiger partial charge is 0.378 e. The number of para-hydroxylation sites is 1. The number of hydrogen-bond acceptors (Lipinski definition) is 2. The van der Waals surface area contributed by atoms with Crippen LogP contribution in [0.5, 0.6) is 0 Å². The second-order valence-electron chi connectivity index (χ2n) is 6.00. The Bertz CT molecular complexity index is 618. The van der Waals surface area contributed by atoms with Gasteiger partial charge >= 0.3 is 0 Å². The number of anilines is 1. The van der Waals surface area contributed by atoms with Gasteiger partial charge in [0.1, 0.15) is 0 Å². The van der Waals surface area contributed by atoms with Gasteiger partial charge in [0.25, 0.3) is 0 Å². The van der Waals surface area contributed by atoms with Gasteiger partial charge in [-0.3, -0.25) is 0 Å². The van der Waals surface area contributed by atoms with Gasteiger partial charge in [-0.1, -0.05) is 48.0 Å². The molecule has 0 unspecified atom stereocenters. The highest BCUT2D eigenvalue weighted by Crippen LogP contribution is 2.46. The molecule has 102 valence electrons. The lowest BCUT2D eigenvalue weighted by Gasteiger charge is -2.37. The van der Waals surface area contributed by atoms with Gasteiger partial charge < -0.3 is 10.6 Å². The topological polar surface area (TPSA) is 24.1 Å². The fourth-order valence-electron chi connectivity index (χ4n) is 3.70. The van der Waals surface area contributed by atoms with Crippen molar-refractivity contribution in [2.24, 2.45) is 5.92 Å². The van der Waals surface area contributed by atoms with E-state index in [0.29, 0.717) is 18.0 Å². The van der Waals surface area contributed by atoms with E-state index < -0.39 is 0 Å². The van der Waals surface area contributed by atoms with Crippen molar-refractivity contribution in [2.75, 3.05) is 11.9 Å². The van der Waals surface area contributed by atoms with Crippen LogP contribution in [0.15, 0.2) is 48.5 Å². The number of fused-ring (bicyclic) bond motifs is 3. The first-order valence-electron chi connectivity index (χ1n) is 7.48. The van der Waals surface area contributed by atoms with E-state index in [1.54, 1.807) is 0 Å². The molecule has 0 radical (unpaired) electrons. The van der Waals surface area contributed by atoms with Gasteiger partial charge in [-0.2, -0.15) is 0 Å². The fourth-order valence-corrected chi connectivity index (χ4v) is 3.70. The van der Waals surface area contributed by atoms with Crippen LogP contribution in [-0.4, -0.2) is 6.54 Å². The number of aryl methyl sites for hydroxylation is 1. The Hall–Kier alpha value is -1.80. The molecule has 2 aromatic rings. The third kappa shape index (κ3) is 1.83. The minimum atomic E-state index is 0.422. The summed E-state index contributed by atoms with van der Waals surface area (Å²) in [5.74, 6) is 0.646. The standard InChI is InChI=1S/C18H20N2/c1-12-6-8-13(9-7-12)17-15-10-11-19-18(15)14-4-2-3-5-16(14)20-17/h2-9,15,17-20H,10-11H2,1H3/t15-,17+,18+/m0/s1. The van der Waals surface area contributed by atoms with E-state index in [0.717, 1.165) is 6.54 Å². The lowest BCUT2D eigenvalue weighted by Crippen LogP contribution is -2.32. The van der Waals surface area contributed by atoms with Crippen molar-refractivity contribution in [3.63, 3.8) is 0 Å². The monoisotopic (exact) mass is 264 g/mol. The number of hydrogen-bond donors (Lipinski definition) is 2. The van der Waals surface area contributed by atoms with E-state index in [9.17, 15) is 0 Å². The maximum Gasteiger partial charge on any atom is 0.0560 e. The molecular formula is C18H20N2. The van der Waals surface area contributed by atoms with E-state index in [4.69, 9.17) is 0 Å². The Morgan fingerprint density at radius 1 is 0.950 bits per heavy atom. The van der Waals surface area contributed by atoms with Gasteiger partial charge in [0, 0.05) is 17.6 Å². The van der Waals surface area contributed by atoms with Crippen molar-refractivity contribution >= 4 is 5.69 Å². The van der Waals surface area contributed by atoms with E-state index >= 15 is 0 Å². The number of nitrogens with one attached hydrogen (secondary N) is 2. The molecular weight excluding hydrogens is 244 g/mol. The average molecular weight is 264 g/mol. The molecule has 0 spiro atoms. The molecule has 0 aliphatic carbocycles. The van der Waals surface area contributed by atoms with Crippen molar-refractivity contribution in [3.8, 4) is 0 Å². The van der Waals surface area contributed by atoms with E-state index in [1.807, 2.05) is 0 Å². The summed E-state index contributed by atoms with van der Waals surface area (Å²) < 4.78 is 0. The quantitative estimate of drug-likeness (QED) is 0.818. The Kier molecular flexibility index (Phi) is 2.78. The van der Waals surface area contributed by atoms with Gasteiger partial charge in [-0.25, -0.2) is 0 Å². The molecule has 1 fully saturated rings. The molecule has 2 heterocycles. The second-order valence-corrected chi connectivity index (χ2v) is 6.00. The van der Waals surface area contributed by atoms with Crippen LogP contribution < -0.4 is 10.6 Å². The molecule has 0 bridgehead atoms. The summed E-state index contributed by atoms with van der Waals surface area (Å²) in [4.78, 5) is 0. The summed E-state index contributed by atoms with van der Waals surface area (Å²) in [6.45, 7) is 3.26. The van der Waals surface area contributed by atoms with Crippen LogP contribution in [0.25, 0.3) is 0 Å². The highest BCUT2D eigenvalue weighted by Gasteiger charge is 2.39. The third-order valence-electron chi connectivity index (χ3n) is 4.74. The zero-order valence-electron chi connectivity index (χ0n) is 11.8. The SMILES string of the molecule is Cc1ccc([C@H]2Nc3ccccc3[C@H]3NCC[C@@H]23)cc1. The van der Waals surface area contributed by atoms with Crippen LogP contribution >= 0.6 is 0 Å². The Morgan fingerprint density at radius 2 is 1.75 bits per heavy atom. The maximum absolute atomic E-state index is 3.76. The minimum Gasteiger partial charge on any atom is -0.378 e.